The summed E-state index contributed by atoms with van der Waals surface area (Å²) in [5.41, 5.74) is 6.85. The number of aromatic nitrogens is 1. The molecule has 4 rings (SSSR count). The van der Waals surface area contributed by atoms with Crippen LogP contribution in [0.5, 0.6) is 0 Å². The Morgan fingerprint density at radius 2 is 1.50 bits per heavy atom. The molecule has 0 unspecified atom stereocenters. The maximum absolute atomic E-state index is 13.2. The van der Waals surface area contributed by atoms with E-state index in [0.29, 0.717) is 12.2 Å². The molecule has 0 aliphatic heterocycles. The molecule has 3 aromatic carbocycles. The Hall–Kier alpha value is -3.38. The van der Waals surface area contributed by atoms with E-state index in [9.17, 15) is 13.2 Å². The summed E-state index contributed by atoms with van der Waals surface area (Å²) >= 11 is 0. The van der Waals surface area contributed by atoms with Gasteiger partial charge in [-0.25, -0.2) is 13.1 Å². The Bertz CT molecular complexity index is 1410. The molecular formula is C26H26N2O3S. The number of hydrogen-bond donors (Lipinski definition) is 1. The topological polar surface area (TPSA) is 68.2 Å². The van der Waals surface area contributed by atoms with Gasteiger partial charge >= 0.3 is 0 Å². The largest absolute Gasteiger partial charge is 0.332 e. The lowest BCUT2D eigenvalue weighted by Crippen LogP contribution is -2.32. The zero-order chi connectivity index (χ0) is 23.0. The average molecular weight is 447 g/mol. The molecule has 0 atom stereocenters. The van der Waals surface area contributed by atoms with Gasteiger partial charge in [-0.1, -0.05) is 48.0 Å². The normalized spacial score (nSPS) is 11.6. The van der Waals surface area contributed by atoms with E-state index >= 15 is 0 Å². The predicted octanol–water partition coefficient (Wildman–Crippen LogP) is 5.04. The molecule has 164 valence electrons. The fourth-order valence-corrected chi connectivity index (χ4v) is 5.16. The summed E-state index contributed by atoms with van der Waals surface area (Å²) < 4.78 is 29.7. The summed E-state index contributed by atoms with van der Waals surface area (Å²) in [4.78, 5) is 13.3. The van der Waals surface area contributed by atoms with Crippen LogP contribution in [0.25, 0.3) is 10.9 Å². The maximum atomic E-state index is 13.2. The molecule has 1 aromatic heterocycles. The molecule has 6 heteroatoms. The van der Waals surface area contributed by atoms with Crippen LogP contribution in [-0.4, -0.2) is 18.9 Å². The third-order valence-electron chi connectivity index (χ3n) is 5.73. The van der Waals surface area contributed by atoms with E-state index in [1.807, 2.05) is 29.7 Å². The molecule has 0 aliphatic rings. The molecule has 1 N–H and O–H groups in total. The highest BCUT2D eigenvalue weighted by atomic mass is 32.2. The highest BCUT2D eigenvalue weighted by Gasteiger charge is 2.23. The molecule has 0 bridgehead atoms. The molecule has 0 saturated carbocycles. The van der Waals surface area contributed by atoms with Crippen molar-refractivity contribution in [3.8, 4) is 0 Å². The number of carbonyl (C=O) groups is 1. The van der Waals surface area contributed by atoms with E-state index in [-0.39, 0.29) is 4.90 Å². The van der Waals surface area contributed by atoms with Crippen molar-refractivity contribution in [3.05, 3.63) is 100 Å². The summed E-state index contributed by atoms with van der Waals surface area (Å²) in [5, 5.41) is 0.889. The van der Waals surface area contributed by atoms with Gasteiger partial charge in [-0.2, -0.15) is 0 Å². The van der Waals surface area contributed by atoms with Crippen LogP contribution >= 0.6 is 0 Å². The quantitative estimate of drug-likeness (QED) is 0.467. The van der Waals surface area contributed by atoms with Crippen molar-refractivity contribution in [1.82, 2.24) is 9.29 Å². The SMILES string of the molecule is Cc1cc(C)c(Cn2c(C(=O)NS(=O)(=O)c3ccccc3)cc3ccc(C)cc32)c(C)c1. The van der Waals surface area contributed by atoms with Crippen LogP contribution in [0.2, 0.25) is 0 Å². The van der Waals surface area contributed by atoms with Crippen molar-refractivity contribution in [3.63, 3.8) is 0 Å². The second-order valence-electron chi connectivity index (χ2n) is 8.30. The van der Waals surface area contributed by atoms with Gasteiger partial charge in [-0.3, -0.25) is 4.79 Å². The van der Waals surface area contributed by atoms with Crippen LogP contribution in [-0.2, 0) is 16.6 Å². The maximum Gasteiger partial charge on any atom is 0.281 e. The van der Waals surface area contributed by atoms with Gasteiger partial charge in [0, 0.05) is 17.4 Å². The van der Waals surface area contributed by atoms with Crippen LogP contribution in [0.3, 0.4) is 0 Å². The number of nitrogens with zero attached hydrogens (tertiary/aromatic N) is 1. The molecule has 0 fully saturated rings. The highest BCUT2D eigenvalue weighted by Crippen LogP contribution is 2.26. The molecule has 0 saturated heterocycles. The predicted molar refractivity (Wildman–Crippen MR) is 128 cm³/mol. The molecular weight excluding hydrogens is 420 g/mol. The number of hydrogen-bond acceptors (Lipinski definition) is 3. The molecule has 5 nitrogen and oxygen atoms in total. The summed E-state index contributed by atoms with van der Waals surface area (Å²) in [6, 6.07) is 19.9. The van der Waals surface area contributed by atoms with Crippen molar-refractivity contribution >= 4 is 26.8 Å². The molecule has 32 heavy (non-hydrogen) atoms. The lowest BCUT2D eigenvalue weighted by Gasteiger charge is -2.16. The minimum Gasteiger partial charge on any atom is -0.332 e. The lowest BCUT2D eigenvalue weighted by molar-refractivity contribution is 0.0973. The summed E-state index contributed by atoms with van der Waals surface area (Å²) in [5.74, 6) is -0.648. The van der Waals surface area contributed by atoms with E-state index in [1.165, 1.54) is 17.7 Å². The average Bonchev–Trinajstić information content (AvgIpc) is 3.08. The van der Waals surface area contributed by atoms with E-state index in [0.717, 1.165) is 33.2 Å². The minimum absolute atomic E-state index is 0.0529. The second-order valence-corrected chi connectivity index (χ2v) is 9.99. The standard InChI is InChI=1S/C26H26N2O3S/c1-17-10-11-21-15-25(26(29)27-32(30,31)22-8-6-5-7-9-22)28(24(21)14-17)16-23-19(3)12-18(2)13-20(23)4/h5-15H,16H2,1-4H3,(H,27,29). The highest BCUT2D eigenvalue weighted by molar-refractivity contribution is 7.90. The van der Waals surface area contributed by atoms with Gasteiger partial charge in [-0.05, 0) is 74.2 Å². The van der Waals surface area contributed by atoms with Crippen molar-refractivity contribution in [1.29, 1.82) is 0 Å². The zero-order valence-corrected chi connectivity index (χ0v) is 19.5. The number of carbonyl (C=O) groups excluding carboxylic acids is 1. The molecule has 0 spiro atoms. The van der Waals surface area contributed by atoms with E-state index < -0.39 is 15.9 Å². The second kappa shape index (κ2) is 8.28. The van der Waals surface area contributed by atoms with Crippen LogP contribution in [0, 0.1) is 27.7 Å². The lowest BCUT2D eigenvalue weighted by atomic mass is 9.99. The molecule has 1 heterocycles. The van der Waals surface area contributed by atoms with Gasteiger partial charge in [0.15, 0.2) is 0 Å². The zero-order valence-electron chi connectivity index (χ0n) is 18.6. The number of fused-ring (bicyclic) bond motifs is 1. The summed E-state index contributed by atoms with van der Waals surface area (Å²) in [6.07, 6.45) is 0. The Morgan fingerprint density at radius 3 is 2.16 bits per heavy atom. The number of aryl methyl sites for hydroxylation is 4. The van der Waals surface area contributed by atoms with E-state index in [1.54, 1.807) is 24.3 Å². The molecule has 1 amide bonds. The van der Waals surface area contributed by atoms with E-state index in [2.05, 4.69) is 37.6 Å². The van der Waals surface area contributed by atoms with Gasteiger partial charge in [0.2, 0.25) is 0 Å². The molecule has 0 radical (unpaired) electrons. The Labute approximate surface area is 188 Å². The van der Waals surface area contributed by atoms with Gasteiger partial charge in [0.25, 0.3) is 15.9 Å². The monoisotopic (exact) mass is 446 g/mol. The van der Waals surface area contributed by atoms with Crippen molar-refractivity contribution < 1.29 is 13.2 Å². The van der Waals surface area contributed by atoms with E-state index in [4.69, 9.17) is 0 Å². The minimum atomic E-state index is -3.98. The molecule has 4 aromatic rings. The summed E-state index contributed by atoms with van der Waals surface area (Å²) in [6.45, 7) is 8.65. The van der Waals surface area contributed by atoms with Crippen LogP contribution < -0.4 is 4.72 Å². The van der Waals surface area contributed by atoms with Crippen LogP contribution in [0.1, 0.15) is 38.3 Å². The number of nitrogens with one attached hydrogen (secondary N) is 1. The first-order chi connectivity index (χ1) is 15.2. The Morgan fingerprint density at radius 1 is 0.844 bits per heavy atom. The van der Waals surface area contributed by atoms with Crippen molar-refractivity contribution in [2.45, 2.75) is 39.1 Å². The third kappa shape index (κ3) is 4.18. The van der Waals surface area contributed by atoms with Crippen LogP contribution in [0.4, 0.5) is 0 Å². The number of benzene rings is 3. The fourth-order valence-electron chi connectivity index (χ4n) is 4.17. The number of sulfonamides is 1. The first-order valence-corrected chi connectivity index (χ1v) is 11.9. The third-order valence-corrected chi connectivity index (χ3v) is 7.08. The first-order valence-electron chi connectivity index (χ1n) is 10.4. The number of rotatable bonds is 5. The Balaban J connectivity index is 1.81. The number of amides is 1. The van der Waals surface area contributed by atoms with Gasteiger partial charge in [-0.15, -0.1) is 0 Å². The first kappa shape index (κ1) is 21.8. The summed E-state index contributed by atoms with van der Waals surface area (Å²) in [7, 11) is -3.98. The van der Waals surface area contributed by atoms with Gasteiger partial charge in [0.05, 0.1) is 4.90 Å². The van der Waals surface area contributed by atoms with Gasteiger partial charge < -0.3 is 4.57 Å². The smallest absolute Gasteiger partial charge is 0.281 e. The van der Waals surface area contributed by atoms with Gasteiger partial charge in [0.1, 0.15) is 5.69 Å². The molecule has 0 aliphatic carbocycles. The van der Waals surface area contributed by atoms with Crippen molar-refractivity contribution in [2.24, 2.45) is 0 Å². The Kier molecular flexibility index (Phi) is 5.65. The van der Waals surface area contributed by atoms with Crippen LogP contribution in [0.15, 0.2) is 71.6 Å². The fraction of sp³-hybridized carbons (Fsp3) is 0.192. The van der Waals surface area contributed by atoms with Crippen molar-refractivity contribution in [2.75, 3.05) is 0 Å².